The summed E-state index contributed by atoms with van der Waals surface area (Å²) in [7, 11) is -0.494. The first-order valence-electron chi connectivity index (χ1n) is 10.9. The Morgan fingerprint density at radius 3 is 2.28 bits per heavy atom. The molecule has 2 heterocycles. The van der Waals surface area contributed by atoms with Crippen LogP contribution in [0.4, 0.5) is 0 Å². The van der Waals surface area contributed by atoms with E-state index in [9.17, 15) is 0 Å². The maximum absolute atomic E-state index is 6.35. The largest absolute Gasteiger partial charge is 0.495 e. The fourth-order valence-electron chi connectivity index (χ4n) is 3.83. The van der Waals surface area contributed by atoms with Gasteiger partial charge < -0.3 is 19.0 Å². The Labute approximate surface area is 188 Å². The SMILES string of the molecule is CC1(C)OB(c2ccc(OCc3ccccc3)cc2-c2nc3ccccc3[nH]2)OC1(C)C. The molecule has 3 aromatic carbocycles. The summed E-state index contributed by atoms with van der Waals surface area (Å²) in [6.07, 6.45) is 0. The highest BCUT2D eigenvalue weighted by Gasteiger charge is 2.52. The Morgan fingerprint density at radius 1 is 0.875 bits per heavy atom. The lowest BCUT2D eigenvalue weighted by atomic mass is 9.75. The van der Waals surface area contributed by atoms with Crippen molar-refractivity contribution in [2.45, 2.75) is 45.5 Å². The number of rotatable bonds is 5. The van der Waals surface area contributed by atoms with Gasteiger partial charge in [-0.3, -0.25) is 0 Å². The first-order valence-corrected chi connectivity index (χ1v) is 10.9. The predicted molar refractivity (Wildman–Crippen MR) is 128 cm³/mol. The second-order valence-electron chi connectivity index (χ2n) is 9.21. The Hall–Kier alpha value is -3.09. The number of aromatic amines is 1. The molecule has 0 aliphatic carbocycles. The van der Waals surface area contributed by atoms with Crippen LogP contribution in [0, 0.1) is 0 Å². The van der Waals surface area contributed by atoms with E-state index in [2.05, 4.69) is 44.8 Å². The zero-order valence-electron chi connectivity index (χ0n) is 18.9. The number of fused-ring (bicyclic) bond motifs is 1. The number of imidazole rings is 1. The van der Waals surface area contributed by atoms with Crippen LogP contribution in [-0.2, 0) is 15.9 Å². The third-order valence-electron chi connectivity index (χ3n) is 6.42. The predicted octanol–water partition coefficient (Wildman–Crippen LogP) is 5.11. The maximum Gasteiger partial charge on any atom is 0.495 e. The summed E-state index contributed by atoms with van der Waals surface area (Å²) >= 11 is 0. The number of ether oxygens (including phenoxy) is 1. The maximum atomic E-state index is 6.35. The number of hydrogen-bond acceptors (Lipinski definition) is 4. The molecule has 0 atom stereocenters. The van der Waals surface area contributed by atoms with Crippen molar-refractivity contribution in [2.24, 2.45) is 0 Å². The Balaban J connectivity index is 1.54. The van der Waals surface area contributed by atoms with Gasteiger partial charge in [0.2, 0.25) is 0 Å². The van der Waals surface area contributed by atoms with E-state index in [-0.39, 0.29) is 0 Å². The molecule has 0 spiro atoms. The zero-order chi connectivity index (χ0) is 22.3. The highest BCUT2D eigenvalue weighted by Crippen LogP contribution is 2.37. The average Bonchev–Trinajstić information content (AvgIpc) is 3.30. The van der Waals surface area contributed by atoms with Crippen LogP contribution in [0.3, 0.4) is 0 Å². The molecule has 1 saturated heterocycles. The minimum absolute atomic E-state index is 0.425. The molecule has 162 valence electrons. The number of benzene rings is 3. The van der Waals surface area contributed by atoms with E-state index in [1.807, 2.05) is 60.7 Å². The molecule has 6 heteroatoms. The zero-order valence-corrected chi connectivity index (χ0v) is 18.9. The summed E-state index contributed by atoms with van der Waals surface area (Å²) in [4.78, 5) is 8.27. The van der Waals surface area contributed by atoms with Crippen molar-refractivity contribution < 1.29 is 14.0 Å². The summed E-state index contributed by atoms with van der Waals surface area (Å²) in [5, 5.41) is 0. The fourth-order valence-corrected chi connectivity index (χ4v) is 3.83. The molecule has 1 fully saturated rings. The monoisotopic (exact) mass is 426 g/mol. The molecule has 1 aliphatic rings. The summed E-state index contributed by atoms with van der Waals surface area (Å²) < 4.78 is 18.8. The lowest BCUT2D eigenvalue weighted by Gasteiger charge is -2.32. The van der Waals surface area contributed by atoms with Crippen LogP contribution < -0.4 is 10.2 Å². The first kappa shape index (κ1) is 20.8. The van der Waals surface area contributed by atoms with E-state index >= 15 is 0 Å². The smallest absolute Gasteiger partial charge is 0.489 e. The minimum Gasteiger partial charge on any atom is -0.489 e. The van der Waals surface area contributed by atoms with E-state index in [1.165, 1.54) is 0 Å². The van der Waals surface area contributed by atoms with Gasteiger partial charge in [0.1, 0.15) is 18.2 Å². The molecule has 1 aliphatic heterocycles. The Bertz CT molecular complexity index is 1200. The van der Waals surface area contributed by atoms with Crippen molar-refractivity contribution in [2.75, 3.05) is 0 Å². The molecule has 0 bridgehead atoms. The number of para-hydroxylation sites is 2. The third-order valence-corrected chi connectivity index (χ3v) is 6.42. The van der Waals surface area contributed by atoms with Crippen LogP contribution in [0.2, 0.25) is 0 Å². The summed E-state index contributed by atoms with van der Waals surface area (Å²) in [6, 6.07) is 24.2. The van der Waals surface area contributed by atoms with E-state index in [0.717, 1.165) is 39.2 Å². The molecule has 0 unspecified atom stereocenters. The normalized spacial score (nSPS) is 17.1. The highest BCUT2D eigenvalue weighted by molar-refractivity contribution is 6.63. The quantitative estimate of drug-likeness (QED) is 0.451. The summed E-state index contributed by atoms with van der Waals surface area (Å²) in [5.41, 5.74) is 4.00. The summed E-state index contributed by atoms with van der Waals surface area (Å²) in [5.74, 6) is 1.53. The molecule has 32 heavy (non-hydrogen) atoms. The van der Waals surface area contributed by atoms with E-state index in [1.54, 1.807) is 0 Å². The van der Waals surface area contributed by atoms with Crippen molar-refractivity contribution in [1.82, 2.24) is 9.97 Å². The average molecular weight is 426 g/mol. The van der Waals surface area contributed by atoms with Crippen LogP contribution in [0.15, 0.2) is 72.8 Å². The highest BCUT2D eigenvalue weighted by atomic mass is 16.7. The summed E-state index contributed by atoms with van der Waals surface area (Å²) in [6.45, 7) is 8.74. The number of nitrogens with zero attached hydrogens (tertiary/aromatic N) is 1. The molecular formula is C26H27BN2O3. The van der Waals surface area contributed by atoms with Crippen LogP contribution in [-0.4, -0.2) is 28.3 Å². The van der Waals surface area contributed by atoms with E-state index in [0.29, 0.717) is 6.61 Å². The van der Waals surface area contributed by atoms with Gasteiger partial charge in [0.05, 0.1) is 22.2 Å². The van der Waals surface area contributed by atoms with Gasteiger partial charge in [0.15, 0.2) is 0 Å². The van der Waals surface area contributed by atoms with Gasteiger partial charge in [-0.25, -0.2) is 4.98 Å². The van der Waals surface area contributed by atoms with Crippen molar-refractivity contribution in [3.63, 3.8) is 0 Å². The molecule has 5 rings (SSSR count). The Kier molecular flexibility index (Phi) is 5.07. The first-order chi connectivity index (χ1) is 15.3. The Morgan fingerprint density at radius 2 is 1.56 bits per heavy atom. The van der Waals surface area contributed by atoms with Crippen molar-refractivity contribution in [3.8, 4) is 17.1 Å². The van der Waals surface area contributed by atoms with Crippen LogP contribution in [0.25, 0.3) is 22.4 Å². The van der Waals surface area contributed by atoms with Gasteiger partial charge in [-0.1, -0.05) is 48.5 Å². The van der Waals surface area contributed by atoms with Gasteiger partial charge in [-0.15, -0.1) is 0 Å². The van der Waals surface area contributed by atoms with Crippen molar-refractivity contribution >= 4 is 23.6 Å². The fraction of sp³-hybridized carbons (Fsp3) is 0.269. The lowest BCUT2D eigenvalue weighted by Crippen LogP contribution is -2.41. The van der Waals surface area contributed by atoms with Crippen LogP contribution in [0.5, 0.6) is 5.75 Å². The number of aromatic nitrogens is 2. The van der Waals surface area contributed by atoms with Gasteiger partial charge in [0.25, 0.3) is 0 Å². The topological polar surface area (TPSA) is 56.4 Å². The minimum atomic E-state index is -0.494. The van der Waals surface area contributed by atoms with Crippen LogP contribution in [0.1, 0.15) is 33.3 Å². The number of nitrogens with one attached hydrogen (secondary N) is 1. The van der Waals surface area contributed by atoms with Gasteiger partial charge in [-0.05, 0) is 63.0 Å². The third kappa shape index (κ3) is 3.81. The molecular weight excluding hydrogens is 399 g/mol. The molecule has 1 aromatic heterocycles. The van der Waals surface area contributed by atoms with Gasteiger partial charge in [0, 0.05) is 5.56 Å². The van der Waals surface area contributed by atoms with Gasteiger partial charge >= 0.3 is 7.12 Å². The van der Waals surface area contributed by atoms with Crippen LogP contribution >= 0.6 is 0 Å². The second kappa shape index (κ2) is 7.80. The number of H-pyrrole nitrogens is 1. The molecule has 0 amide bonds. The molecule has 5 nitrogen and oxygen atoms in total. The van der Waals surface area contributed by atoms with Gasteiger partial charge in [-0.2, -0.15) is 0 Å². The molecule has 0 radical (unpaired) electrons. The molecule has 4 aromatic rings. The van der Waals surface area contributed by atoms with Crippen molar-refractivity contribution in [1.29, 1.82) is 0 Å². The number of hydrogen-bond donors (Lipinski definition) is 1. The standard InChI is InChI=1S/C26H27BN2O3/c1-25(2)26(3,4)32-27(31-25)21-15-14-19(30-17-18-10-6-5-7-11-18)16-20(21)24-28-22-12-8-9-13-23(22)29-24/h5-16H,17H2,1-4H3,(H,28,29). The van der Waals surface area contributed by atoms with E-state index < -0.39 is 18.3 Å². The second-order valence-corrected chi connectivity index (χ2v) is 9.21. The molecule has 0 saturated carbocycles. The lowest BCUT2D eigenvalue weighted by molar-refractivity contribution is 0.00578. The van der Waals surface area contributed by atoms with E-state index in [4.69, 9.17) is 19.0 Å². The van der Waals surface area contributed by atoms with Crippen molar-refractivity contribution in [3.05, 3.63) is 78.4 Å². The molecule has 1 N–H and O–H groups in total.